The van der Waals surface area contributed by atoms with Gasteiger partial charge in [0.1, 0.15) is 5.75 Å². The molecule has 2 aromatic rings. The van der Waals surface area contributed by atoms with Gasteiger partial charge in [-0.1, -0.05) is 35.9 Å². The van der Waals surface area contributed by atoms with Gasteiger partial charge in [-0.15, -0.1) is 0 Å². The van der Waals surface area contributed by atoms with E-state index in [0.717, 1.165) is 50.6 Å². The Bertz CT molecular complexity index is 1210. The molecule has 1 atom stereocenters. The smallest absolute Gasteiger partial charge is 0.247 e. The van der Waals surface area contributed by atoms with Crippen LogP contribution in [0.25, 0.3) is 5.57 Å². The van der Waals surface area contributed by atoms with Gasteiger partial charge in [-0.3, -0.25) is 14.3 Å². The van der Waals surface area contributed by atoms with Crippen LogP contribution in [0.15, 0.2) is 42.0 Å². The fraction of sp³-hybridized carbons (Fsp3) is 0.346. The lowest BCUT2D eigenvalue weighted by atomic mass is 10.0. The molecule has 0 heterocycles. The summed E-state index contributed by atoms with van der Waals surface area (Å²) < 4.78 is 19.9. The van der Waals surface area contributed by atoms with Crippen molar-refractivity contribution in [2.45, 2.75) is 39.5 Å². The molecule has 0 saturated heterocycles. The monoisotopic (exact) mass is 502 g/mol. The van der Waals surface area contributed by atoms with Crippen LogP contribution in [0.2, 0.25) is 5.02 Å². The minimum Gasteiger partial charge on any atom is -0.494 e. The molecule has 0 saturated carbocycles. The van der Waals surface area contributed by atoms with E-state index in [1.807, 2.05) is 50.2 Å². The second kappa shape index (κ2) is 11.1. The first kappa shape index (κ1) is 25.8. The molecule has 34 heavy (non-hydrogen) atoms. The largest absolute Gasteiger partial charge is 0.494 e. The van der Waals surface area contributed by atoms with Crippen molar-refractivity contribution in [3.63, 3.8) is 0 Å². The summed E-state index contributed by atoms with van der Waals surface area (Å²) >= 11 is 6.23. The maximum Gasteiger partial charge on any atom is 0.247 e. The molecule has 182 valence electrons. The van der Waals surface area contributed by atoms with Crippen LogP contribution in [0, 0.1) is 13.8 Å². The lowest BCUT2D eigenvalue weighted by Gasteiger charge is -2.12. The third-order valence-corrected chi connectivity index (χ3v) is 6.82. The number of halogens is 1. The highest BCUT2D eigenvalue weighted by molar-refractivity contribution is 7.98. The van der Waals surface area contributed by atoms with Crippen molar-refractivity contribution in [3.8, 4) is 5.75 Å². The van der Waals surface area contributed by atoms with Crippen LogP contribution < -0.4 is 14.8 Å². The number of hydrogen-bond acceptors (Lipinski definition) is 4. The van der Waals surface area contributed by atoms with E-state index in [-0.39, 0.29) is 18.9 Å². The average Bonchev–Trinajstić information content (AvgIpc) is 3.12. The third kappa shape index (κ3) is 6.87. The highest BCUT2D eigenvalue weighted by Crippen LogP contribution is 2.36. The Kier molecular flexibility index (Phi) is 8.44. The first-order chi connectivity index (χ1) is 16.0. The molecular formula is C26H31ClN2O4S. The zero-order chi connectivity index (χ0) is 24.9. The van der Waals surface area contributed by atoms with Crippen LogP contribution in [0.4, 0.5) is 0 Å². The Hall–Kier alpha value is -2.77. The van der Waals surface area contributed by atoms with E-state index in [4.69, 9.17) is 16.3 Å². The molecule has 0 radical (unpaired) electrons. The highest BCUT2D eigenvalue weighted by Gasteiger charge is 2.25. The van der Waals surface area contributed by atoms with Crippen LogP contribution in [0.3, 0.4) is 0 Å². The van der Waals surface area contributed by atoms with E-state index >= 15 is 0 Å². The van der Waals surface area contributed by atoms with Gasteiger partial charge < -0.3 is 10.1 Å². The summed E-state index contributed by atoms with van der Waals surface area (Å²) in [5.41, 5.74) is 5.90. The van der Waals surface area contributed by atoms with E-state index < -0.39 is 15.6 Å². The molecular weight excluding hydrogens is 472 g/mol. The van der Waals surface area contributed by atoms with Gasteiger partial charge in [0.2, 0.25) is 11.8 Å². The number of nitrogens with one attached hydrogen (secondary N) is 2. The van der Waals surface area contributed by atoms with Crippen LogP contribution in [0.5, 0.6) is 5.75 Å². The average molecular weight is 503 g/mol. The van der Waals surface area contributed by atoms with E-state index in [1.165, 1.54) is 6.26 Å². The Labute approximate surface area is 206 Å². The Morgan fingerprint density at radius 3 is 2.53 bits per heavy atom. The number of amides is 2. The Morgan fingerprint density at radius 2 is 1.85 bits per heavy atom. The molecule has 0 spiro atoms. The quantitative estimate of drug-likeness (QED) is 0.380. The minimum absolute atomic E-state index is 0.0371. The number of rotatable bonds is 10. The lowest BCUT2D eigenvalue weighted by molar-refractivity contribution is -0.119. The molecule has 2 N–H and O–H groups in total. The van der Waals surface area contributed by atoms with Gasteiger partial charge in [-0.25, -0.2) is 4.21 Å². The van der Waals surface area contributed by atoms with Crippen LogP contribution in [0.1, 0.15) is 41.5 Å². The molecule has 0 aliphatic heterocycles. The van der Waals surface area contributed by atoms with Gasteiger partial charge in [0.05, 0.1) is 6.61 Å². The fourth-order valence-electron chi connectivity index (χ4n) is 4.05. The molecule has 0 aromatic heterocycles. The summed E-state index contributed by atoms with van der Waals surface area (Å²) in [6.07, 6.45) is 3.40. The molecule has 0 fully saturated rings. The van der Waals surface area contributed by atoms with Crippen molar-refractivity contribution < 1.29 is 18.5 Å². The van der Waals surface area contributed by atoms with Gasteiger partial charge in [0, 0.05) is 45.9 Å². The van der Waals surface area contributed by atoms with E-state index in [0.29, 0.717) is 19.4 Å². The standard InChI is InChI=1S/C26H31ClN2O4S/c1-17-14-20(15-18(2)25(17)27)33-13-7-10-22-21-9-6-5-8-19(21)16-23(22)26(31)28-12-11-24(30)29-34(3,4)32/h5-6,8-9,14-15H,3,7,10-13,16H2,1-2,4H3,(H,28,31)(H,29,30,32). The second-order valence-electron chi connectivity index (χ2n) is 8.65. The second-order valence-corrected chi connectivity index (χ2v) is 11.2. The molecule has 1 unspecified atom stereocenters. The number of benzene rings is 2. The number of allylic oxidation sites excluding steroid dienone is 1. The van der Waals surface area contributed by atoms with Crippen molar-refractivity contribution >= 4 is 44.6 Å². The molecule has 3 rings (SSSR count). The van der Waals surface area contributed by atoms with Gasteiger partial charge in [-0.2, -0.15) is 0 Å². The Balaban J connectivity index is 1.62. The van der Waals surface area contributed by atoms with Crippen molar-refractivity contribution in [1.29, 1.82) is 0 Å². The first-order valence-corrected chi connectivity index (χ1v) is 13.7. The molecule has 1 aliphatic rings. The van der Waals surface area contributed by atoms with Gasteiger partial charge >= 0.3 is 0 Å². The molecule has 8 heteroatoms. The number of hydrogen-bond donors (Lipinski definition) is 2. The molecule has 1 aliphatic carbocycles. The van der Waals surface area contributed by atoms with E-state index in [2.05, 4.69) is 15.9 Å². The highest BCUT2D eigenvalue weighted by atomic mass is 35.5. The number of carbonyl (C=O) groups excluding carboxylic acids is 2. The van der Waals surface area contributed by atoms with E-state index in [9.17, 15) is 13.8 Å². The van der Waals surface area contributed by atoms with Gasteiger partial charge in [0.25, 0.3) is 0 Å². The normalized spacial score (nSPS) is 14.4. The third-order valence-electron chi connectivity index (χ3n) is 5.57. The summed E-state index contributed by atoms with van der Waals surface area (Å²) in [5, 5.41) is 3.58. The maximum atomic E-state index is 12.9. The van der Waals surface area contributed by atoms with Crippen molar-refractivity contribution in [2.75, 3.05) is 19.4 Å². The van der Waals surface area contributed by atoms with Gasteiger partial charge in [0.15, 0.2) is 0 Å². The summed E-state index contributed by atoms with van der Waals surface area (Å²) in [5.74, 6) is 3.60. The first-order valence-electron chi connectivity index (χ1n) is 11.2. The number of carbonyl (C=O) groups is 2. The van der Waals surface area contributed by atoms with Crippen molar-refractivity contribution in [3.05, 3.63) is 69.2 Å². The number of fused-ring (bicyclic) bond motifs is 1. The molecule has 2 aromatic carbocycles. The maximum absolute atomic E-state index is 12.9. The fourth-order valence-corrected chi connectivity index (χ4v) is 4.74. The Morgan fingerprint density at radius 1 is 1.18 bits per heavy atom. The summed E-state index contributed by atoms with van der Waals surface area (Å²) in [6, 6.07) is 11.9. The van der Waals surface area contributed by atoms with Crippen molar-refractivity contribution in [1.82, 2.24) is 10.0 Å². The summed E-state index contributed by atoms with van der Waals surface area (Å²) in [6.45, 7) is 4.58. The minimum atomic E-state index is -2.61. The SMILES string of the molecule is C=S(C)(=O)NC(=O)CCNC(=O)C1=C(CCCOc2cc(C)c(Cl)c(C)c2)c2ccccc2C1. The lowest BCUT2D eigenvalue weighted by Crippen LogP contribution is -2.34. The topological polar surface area (TPSA) is 84.5 Å². The summed E-state index contributed by atoms with van der Waals surface area (Å²) in [4.78, 5) is 24.8. The van der Waals surface area contributed by atoms with Crippen molar-refractivity contribution in [2.24, 2.45) is 0 Å². The van der Waals surface area contributed by atoms with Gasteiger partial charge in [-0.05, 0) is 72.5 Å². The van der Waals surface area contributed by atoms with E-state index in [1.54, 1.807) is 0 Å². The number of ether oxygens (including phenoxy) is 1. The zero-order valence-electron chi connectivity index (χ0n) is 19.8. The van der Waals surface area contributed by atoms with Crippen LogP contribution in [-0.4, -0.2) is 41.3 Å². The summed E-state index contributed by atoms with van der Waals surface area (Å²) in [7, 11) is -2.61. The predicted octanol–water partition coefficient (Wildman–Crippen LogP) is 4.01. The molecule has 0 bridgehead atoms. The molecule has 2 amide bonds. The predicted molar refractivity (Wildman–Crippen MR) is 140 cm³/mol. The van der Waals surface area contributed by atoms with Crippen LogP contribution >= 0.6 is 11.6 Å². The zero-order valence-corrected chi connectivity index (χ0v) is 21.4. The molecule has 6 nitrogen and oxygen atoms in total. The number of aryl methyl sites for hydroxylation is 2. The van der Waals surface area contributed by atoms with Crippen LogP contribution in [-0.2, 0) is 25.7 Å².